The molecule has 128 valence electrons. The number of likely N-dealkylation sites (tertiary alicyclic amines) is 1. The van der Waals surface area contributed by atoms with E-state index in [-0.39, 0.29) is 11.9 Å². The van der Waals surface area contributed by atoms with E-state index in [0.29, 0.717) is 18.0 Å². The van der Waals surface area contributed by atoms with Crippen LogP contribution in [0.25, 0.3) is 0 Å². The first-order valence-electron chi connectivity index (χ1n) is 8.86. The van der Waals surface area contributed by atoms with E-state index < -0.39 is 0 Å². The topological polar surface area (TPSA) is 87.9 Å². The van der Waals surface area contributed by atoms with Crippen LogP contribution in [0.4, 0.5) is 0 Å². The second kappa shape index (κ2) is 6.37. The number of hydrogen-bond donors (Lipinski definition) is 1. The van der Waals surface area contributed by atoms with Gasteiger partial charge < -0.3 is 9.42 Å². The second-order valence-corrected chi connectivity index (χ2v) is 6.97. The number of H-pyrrole nitrogens is 1. The number of nitrogens with zero attached hydrogens (tertiary/aromatic N) is 4. The smallest absolute Gasteiger partial charge is 0.274 e. The van der Waals surface area contributed by atoms with E-state index in [9.17, 15) is 4.79 Å². The van der Waals surface area contributed by atoms with E-state index in [0.717, 1.165) is 49.6 Å². The molecule has 1 saturated carbocycles. The minimum Gasteiger partial charge on any atom is -0.339 e. The molecule has 1 atom stereocenters. The van der Waals surface area contributed by atoms with Crippen molar-refractivity contribution < 1.29 is 9.32 Å². The van der Waals surface area contributed by atoms with Gasteiger partial charge in [0.25, 0.3) is 5.91 Å². The molecule has 7 nitrogen and oxygen atoms in total. The highest BCUT2D eigenvalue weighted by Crippen LogP contribution is 2.33. The number of aromatic amines is 1. The summed E-state index contributed by atoms with van der Waals surface area (Å²) in [6.45, 7) is 2.66. The first-order valence-corrected chi connectivity index (χ1v) is 8.86. The van der Waals surface area contributed by atoms with Gasteiger partial charge in [-0.15, -0.1) is 0 Å². The Balaban J connectivity index is 1.44. The summed E-state index contributed by atoms with van der Waals surface area (Å²) in [5, 5.41) is 11.1. The van der Waals surface area contributed by atoms with Gasteiger partial charge in [-0.05, 0) is 38.7 Å². The van der Waals surface area contributed by atoms with E-state index in [4.69, 9.17) is 4.52 Å². The molecule has 7 heteroatoms. The molecule has 0 bridgehead atoms. The van der Waals surface area contributed by atoms with Gasteiger partial charge in [0.05, 0.1) is 0 Å². The SMILES string of the molecule is Cc1cc(C(=O)N2CCCC2Cc2noc(C3CCCC3)n2)n[nH]1. The van der Waals surface area contributed by atoms with Gasteiger partial charge in [0.2, 0.25) is 5.89 Å². The fraction of sp³-hybridized carbons (Fsp3) is 0.647. The van der Waals surface area contributed by atoms with E-state index >= 15 is 0 Å². The normalized spacial score (nSPS) is 21.7. The molecule has 0 spiro atoms. The summed E-state index contributed by atoms with van der Waals surface area (Å²) in [5.74, 6) is 1.92. The fourth-order valence-electron chi connectivity index (χ4n) is 3.89. The molecule has 3 heterocycles. The molecular weight excluding hydrogens is 306 g/mol. The van der Waals surface area contributed by atoms with Gasteiger partial charge in [-0.25, -0.2) is 0 Å². The monoisotopic (exact) mass is 329 g/mol. The quantitative estimate of drug-likeness (QED) is 0.931. The zero-order chi connectivity index (χ0) is 16.5. The Morgan fingerprint density at radius 3 is 2.92 bits per heavy atom. The van der Waals surface area contributed by atoms with Crippen LogP contribution in [-0.4, -0.2) is 43.7 Å². The van der Waals surface area contributed by atoms with Crippen molar-refractivity contribution in [3.8, 4) is 0 Å². The van der Waals surface area contributed by atoms with Crippen molar-refractivity contribution in [3.63, 3.8) is 0 Å². The molecule has 0 aromatic carbocycles. The predicted molar refractivity (Wildman–Crippen MR) is 86.6 cm³/mol. The highest BCUT2D eigenvalue weighted by atomic mass is 16.5. The first kappa shape index (κ1) is 15.4. The molecule has 4 rings (SSSR count). The van der Waals surface area contributed by atoms with Crippen molar-refractivity contribution in [1.29, 1.82) is 0 Å². The third kappa shape index (κ3) is 2.95. The molecule has 1 N–H and O–H groups in total. The first-order chi connectivity index (χ1) is 11.7. The Morgan fingerprint density at radius 2 is 2.17 bits per heavy atom. The molecule has 1 amide bonds. The van der Waals surface area contributed by atoms with E-state index in [1.54, 1.807) is 6.07 Å². The van der Waals surface area contributed by atoms with Gasteiger partial charge in [0.15, 0.2) is 5.82 Å². The molecular formula is C17H23N5O2. The molecule has 1 unspecified atom stereocenters. The average Bonchev–Trinajstić information content (AvgIpc) is 3.35. The van der Waals surface area contributed by atoms with E-state index in [2.05, 4.69) is 20.3 Å². The molecule has 2 aromatic heterocycles. The number of carbonyl (C=O) groups is 1. The Labute approximate surface area is 140 Å². The van der Waals surface area contributed by atoms with Crippen LogP contribution in [0.2, 0.25) is 0 Å². The third-order valence-corrected chi connectivity index (χ3v) is 5.17. The maximum absolute atomic E-state index is 12.7. The maximum Gasteiger partial charge on any atom is 0.274 e. The lowest BCUT2D eigenvalue weighted by Gasteiger charge is -2.22. The van der Waals surface area contributed by atoms with Crippen molar-refractivity contribution in [3.05, 3.63) is 29.2 Å². The summed E-state index contributed by atoms with van der Waals surface area (Å²) in [4.78, 5) is 19.1. The Morgan fingerprint density at radius 1 is 1.33 bits per heavy atom. The number of amides is 1. The van der Waals surface area contributed by atoms with Gasteiger partial charge >= 0.3 is 0 Å². The van der Waals surface area contributed by atoms with Crippen molar-refractivity contribution in [2.75, 3.05) is 6.54 Å². The van der Waals surface area contributed by atoms with Gasteiger partial charge in [0, 0.05) is 30.6 Å². The largest absolute Gasteiger partial charge is 0.339 e. The number of aryl methyl sites for hydroxylation is 1. The van der Waals surface area contributed by atoms with Crippen LogP contribution >= 0.6 is 0 Å². The standard InChI is InChI=1S/C17H23N5O2/c1-11-9-14(20-19-11)17(23)22-8-4-7-13(22)10-15-18-16(24-21-15)12-5-2-3-6-12/h9,12-13H,2-8,10H2,1H3,(H,19,20). The molecule has 24 heavy (non-hydrogen) atoms. The minimum absolute atomic E-state index is 0.0126. The maximum atomic E-state index is 12.7. The summed E-state index contributed by atoms with van der Waals surface area (Å²) in [6, 6.07) is 1.92. The van der Waals surface area contributed by atoms with E-state index in [1.807, 2.05) is 11.8 Å². The molecule has 1 saturated heterocycles. The van der Waals surface area contributed by atoms with Crippen molar-refractivity contribution in [2.45, 2.75) is 63.8 Å². The van der Waals surface area contributed by atoms with Crippen LogP contribution in [0.15, 0.2) is 10.6 Å². The molecule has 2 fully saturated rings. The Kier molecular flexibility index (Phi) is 4.08. The Bertz CT molecular complexity index is 716. The number of rotatable bonds is 4. The van der Waals surface area contributed by atoms with Crippen molar-refractivity contribution in [2.24, 2.45) is 0 Å². The number of aromatic nitrogens is 4. The summed E-state index contributed by atoms with van der Waals surface area (Å²) < 4.78 is 5.46. The molecule has 1 aliphatic carbocycles. The fourth-order valence-corrected chi connectivity index (χ4v) is 3.89. The third-order valence-electron chi connectivity index (χ3n) is 5.17. The van der Waals surface area contributed by atoms with Crippen LogP contribution in [-0.2, 0) is 6.42 Å². The van der Waals surface area contributed by atoms with Crippen LogP contribution in [0.3, 0.4) is 0 Å². The summed E-state index contributed by atoms with van der Waals surface area (Å²) in [6.07, 6.45) is 7.43. The van der Waals surface area contributed by atoms with Gasteiger partial charge in [0.1, 0.15) is 5.69 Å². The minimum atomic E-state index is -0.0126. The Hall–Kier alpha value is -2.18. The number of nitrogens with one attached hydrogen (secondary N) is 1. The summed E-state index contributed by atoms with van der Waals surface area (Å²) >= 11 is 0. The highest BCUT2D eigenvalue weighted by molar-refractivity contribution is 5.92. The van der Waals surface area contributed by atoms with Crippen LogP contribution in [0.1, 0.15) is 72.3 Å². The van der Waals surface area contributed by atoms with Crippen LogP contribution in [0.5, 0.6) is 0 Å². The van der Waals surface area contributed by atoms with Crippen LogP contribution in [0, 0.1) is 6.92 Å². The number of hydrogen-bond acceptors (Lipinski definition) is 5. The lowest BCUT2D eigenvalue weighted by atomic mass is 10.1. The summed E-state index contributed by atoms with van der Waals surface area (Å²) in [5.41, 5.74) is 1.38. The zero-order valence-electron chi connectivity index (χ0n) is 14.0. The van der Waals surface area contributed by atoms with Gasteiger partial charge in [-0.2, -0.15) is 10.1 Å². The molecule has 1 aliphatic heterocycles. The highest BCUT2D eigenvalue weighted by Gasteiger charge is 2.32. The lowest BCUT2D eigenvalue weighted by Crippen LogP contribution is -2.37. The molecule has 2 aromatic rings. The van der Waals surface area contributed by atoms with Crippen LogP contribution < -0.4 is 0 Å². The van der Waals surface area contributed by atoms with Gasteiger partial charge in [-0.1, -0.05) is 18.0 Å². The van der Waals surface area contributed by atoms with Crippen molar-refractivity contribution >= 4 is 5.91 Å². The zero-order valence-corrected chi connectivity index (χ0v) is 14.0. The van der Waals surface area contributed by atoms with Gasteiger partial charge in [-0.3, -0.25) is 9.89 Å². The average molecular weight is 329 g/mol. The van der Waals surface area contributed by atoms with Crippen molar-refractivity contribution in [1.82, 2.24) is 25.2 Å². The lowest BCUT2D eigenvalue weighted by molar-refractivity contribution is 0.0729. The number of carbonyl (C=O) groups excluding carboxylic acids is 1. The summed E-state index contributed by atoms with van der Waals surface area (Å²) in [7, 11) is 0. The van der Waals surface area contributed by atoms with E-state index in [1.165, 1.54) is 12.8 Å². The second-order valence-electron chi connectivity index (χ2n) is 6.97. The molecule has 0 radical (unpaired) electrons. The predicted octanol–water partition coefficient (Wildman–Crippen LogP) is 2.61. The molecule has 2 aliphatic rings.